The van der Waals surface area contributed by atoms with Crippen molar-refractivity contribution in [3.8, 4) is 11.5 Å². The molecule has 0 aliphatic heterocycles. The van der Waals surface area contributed by atoms with Gasteiger partial charge in [0, 0.05) is 5.69 Å². The molecule has 0 saturated carbocycles. The summed E-state index contributed by atoms with van der Waals surface area (Å²) in [7, 11) is 0. The molecule has 0 atom stereocenters. The first-order chi connectivity index (χ1) is 18.0. The van der Waals surface area contributed by atoms with E-state index in [1.54, 1.807) is 18.2 Å². The summed E-state index contributed by atoms with van der Waals surface area (Å²) in [4.78, 5) is 24.8. The van der Waals surface area contributed by atoms with E-state index in [1.807, 2.05) is 80.6 Å². The predicted molar refractivity (Wildman–Crippen MR) is 146 cm³/mol. The van der Waals surface area contributed by atoms with Crippen LogP contribution in [0.2, 0.25) is 0 Å². The second-order valence-corrected chi connectivity index (χ2v) is 8.40. The summed E-state index contributed by atoms with van der Waals surface area (Å²) in [5, 5.41) is 9.08. The van der Waals surface area contributed by atoms with Gasteiger partial charge in [0.25, 0.3) is 5.91 Å². The van der Waals surface area contributed by atoms with Crippen LogP contribution in [0.4, 0.5) is 5.69 Å². The lowest BCUT2D eigenvalue weighted by Crippen LogP contribution is -2.21. The van der Waals surface area contributed by atoms with Gasteiger partial charge in [-0.15, -0.1) is 0 Å². The van der Waals surface area contributed by atoms with Crippen molar-refractivity contribution in [2.24, 2.45) is 5.10 Å². The normalized spacial score (nSPS) is 10.9. The highest BCUT2D eigenvalue weighted by Crippen LogP contribution is 2.28. The first-order valence-corrected chi connectivity index (χ1v) is 12.1. The number of nitrogens with one attached hydrogen (secondary N) is 2. The second-order valence-electron chi connectivity index (χ2n) is 8.40. The maximum atomic E-state index is 12.5. The first-order valence-electron chi connectivity index (χ1n) is 12.1. The molecule has 4 rings (SSSR count). The van der Waals surface area contributed by atoms with Gasteiger partial charge in [-0.1, -0.05) is 60.7 Å². The number of fused-ring (bicyclic) bond motifs is 1. The van der Waals surface area contributed by atoms with Gasteiger partial charge >= 0.3 is 0 Å². The number of rotatable bonds is 10. The SMILES string of the molecule is CCOc1cc(/C=N\NC(=O)Cc2cccc3ccccc23)ccc1OCC(=O)Nc1ccccc1C. The highest BCUT2D eigenvalue weighted by atomic mass is 16.5. The summed E-state index contributed by atoms with van der Waals surface area (Å²) in [6, 6.07) is 26.7. The van der Waals surface area contributed by atoms with Crippen LogP contribution < -0.4 is 20.2 Å². The Balaban J connectivity index is 1.35. The van der Waals surface area contributed by atoms with Gasteiger partial charge < -0.3 is 14.8 Å². The number of benzene rings is 4. The molecule has 0 aliphatic carbocycles. The van der Waals surface area contributed by atoms with Crippen molar-refractivity contribution in [2.45, 2.75) is 20.3 Å². The Bertz CT molecular complexity index is 1430. The second kappa shape index (κ2) is 12.4. The van der Waals surface area contributed by atoms with Crippen molar-refractivity contribution in [3.63, 3.8) is 0 Å². The molecule has 2 N–H and O–H groups in total. The average Bonchev–Trinajstić information content (AvgIpc) is 2.90. The monoisotopic (exact) mass is 495 g/mol. The van der Waals surface area contributed by atoms with Crippen LogP contribution in [0.15, 0.2) is 90.0 Å². The molecule has 0 aliphatic rings. The molecule has 0 aromatic heterocycles. The van der Waals surface area contributed by atoms with Crippen LogP contribution in [0.3, 0.4) is 0 Å². The van der Waals surface area contributed by atoms with E-state index >= 15 is 0 Å². The van der Waals surface area contributed by atoms with E-state index in [4.69, 9.17) is 9.47 Å². The molecule has 0 spiro atoms. The predicted octanol–water partition coefficient (Wildman–Crippen LogP) is 5.26. The lowest BCUT2D eigenvalue weighted by Gasteiger charge is -2.13. The lowest BCUT2D eigenvalue weighted by atomic mass is 10.0. The van der Waals surface area contributed by atoms with Gasteiger partial charge in [0.15, 0.2) is 18.1 Å². The zero-order valence-corrected chi connectivity index (χ0v) is 20.9. The number of carbonyl (C=O) groups excluding carboxylic acids is 2. The number of carbonyl (C=O) groups is 2. The first kappa shape index (κ1) is 25.4. The van der Waals surface area contributed by atoms with Crippen LogP contribution in [0.25, 0.3) is 10.8 Å². The van der Waals surface area contributed by atoms with Crippen molar-refractivity contribution >= 4 is 34.5 Å². The maximum absolute atomic E-state index is 12.5. The van der Waals surface area contributed by atoms with Gasteiger partial charge in [-0.2, -0.15) is 5.10 Å². The number of para-hydroxylation sites is 1. The molecule has 7 heteroatoms. The Hall–Kier alpha value is -4.65. The molecule has 0 saturated heterocycles. The number of hydrogen-bond donors (Lipinski definition) is 2. The highest BCUT2D eigenvalue weighted by molar-refractivity contribution is 5.93. The van der Waals surface area contributed by atoms with Crippen LogP contribution in [0.5, 0.6) is 11.5 Å². The molecule has 2 amide bonds. The fourth-order valence-electron chi connectivity index (χ4n) is 3.87. The Morgan fingerprint density at radius 2 is 1.65 bits per heavy atom. The fraction of sp³-hybridized carbons (Fsp3) is 0.167. The van der Waals surface area contributed by atoms with Gasteiger partial charge in [-0.25, -0.2) is 5.43 Å². The Morgan fingerprint density at radius 3 is 2.49 bits per heavy atom. The molecule has 0 fully saturated rings. The van der Waals surface area contributed by atoms with E-state index in [2.05, 4.69) is 15.8 Å². The van der Waals surface area contributed by atoms with Crippen molar-refractivity contribution in [2.75, 3.05) is 18.5 Å². The minimum absolute atomic E-state index is 0.161. The molecular formula is C30H29N3O4. The third kappa shape index (κ3) is 6.95. The van der Waals surface area contributed by atoms with E-state index in [1.165, 1.54) is 6.21 Å². The summed E-state index contributed by atoms with van der Waals surface area (Å²) < 4.78 is 11.4. The van der Waals surface area contributed by atoms with Crippen LogP contribution in [-0.4, -0.2) is 31.2 Å². The average molecular weight is 496 g/mol. The van der Waals surface area contributed by atoms with E-state index in [0.29, 0.717) is 23.7 Å². The molecule has 7 nitrogen and oxygen atoms in total. The van der Waals surface area contributed by atoms with E-state index in [0.717, 1.165) is 27.6 Å². The molecule has 37 heavy (non-hydrogen) atoms. The number of aryl methyl sites for hydroxylation is 1. The van der Waals surface area contributed by atoms with Crippen LogP contribution >= 0.6 is 0 Å². The molecule has 4 aromatic rings. The minimum Gasteiger partial charge on any atom is -0.490 e. The maximum Gasteiger partial charge on any atom is 0.262 e. The standard InChI is InChI=1S/C30H29N3O4/c1-3-36-28-17-22(15-16-27(28)37-20-30(35)32-26-14-7-4-9-21(26)2)19-31-33-29(34)18-24-12-8-11-23-10-5-6-13-25(23)24/h4-17,19H,3,18,20H2,1-2H3,(H,32,35)(H,33,34)/b31-19-. The Morgan fingerprint density at radius 1 is 0.865 bits per heavy atom. The molecule has 4 aromatic carbocycles. The molecule has 188 valence electrons. The van der Waals surface area contributed by atoms with Crippen LogP contribution in [-0.2, 0) is 16.0 Å². The molecule has 0 bridgehead atoms. The van der Waals surface area contributed by atoms with Gasteiger partial charge in [-0.05, 0) is 65.6 Å². The number of hydrazone groups is 1. The summed E-state index contributed by atoms with van der Waals surface area (Å²) >= 11 is 0. The van der Waals surface area contributed by atoms with Crippen molar-refractivity contribution in [1.82, 2.24) is 5.43 Å². The molecular weight excluding hydrogens is 466 g/mol. The van der Waals surface area contributed by atoms with Gasteiger partial charge in [0.1, 0.15) is 0 Å². The topological polar surface area (TPSA) is 89.0 Å². The van der Waals surface area contributed by atoms with Crippen molar-refractivity contribution < 1.29 is 19.1 Å². The third-order valence-electron chi connectivity index (χ3n) is 5.68. The molecule has 0 heterocycles. The number of ether oxygens (including phenoxy) is 2. The van der Waals surface area contributed by atoms with Gasteiger partial charge in [0.2, 0.25) is 5.91 Å². The Kier molecular flexibility index (Phi) is 8.49. The van der Waals surface area contributed by atoms with Crippen molar-refractivity contribution in [1.29, 1.82) is 0 Å². The zero-order chi connectivity index (χ0) is 26.0. The van der Waals surface area contributed by atoms with Gasteiger partial charge in [-0.3, -0.25) is 9.59 Å². The number of nitrogens with zero attached hydrogens (tertiary/aromatic N) is 1. The lowest BCUT2D eigenvalue weighted by molar-refractivity contribution is -0.120. The van der Waals surface area contributed by atoms with Crippen LogP contribution in [0.1, 0.15) is 23.6 Å². The minimum atomic E-state index is -0.267. The quantitative estimate of drug-likeness (QED) is 0.232. The Labute approximate surface area is 216 Å². The zero-order valence-electron chi connectivity index (χ0n) is 20.9. The van der Waals surface area contributed by atoms with E-state index in [-0.39, 0.29) is 24.8 Å². The third-order valence-corrected chi connectivity index (χ3v) is 5.68. The highest BCUT2D eigenvalue weighted by Gasteiger charge is 2.11. The van der Waals surface area contributed by atoms with Gasteiger partial charge in [0.05, 0.1) is 19.2 Å². The van der Waals surface area contributed by atoms with Crippen molar-refractivity contribution in [3.05, 3.63) is 102 Å². The summed E-state index contributed by atoms with van der Waals surface area (Å²) in [5.74, 6) is 0.449. The smallest absolute Gasteiger partial charge is 0.262 e. The molecule has 0 radical (unpaired) electrons. The largest absolute Gasteiger partial charge is 0.490 e. The van der Waals surface area contributed by atoms with Crippen LogP contribution in [0, 0.1) is 6.92 Å². The van der Waals surface area contributed by atoms with E-state index in [9.17, 15) is 9.59 Å². The number of amides is 2. The number of hydrogen-bond acceptors (Lipinski definition) is 5. The molecule has 0 unspecified atom stereocenters. The summed E-state index contributed by atoms with van der Waals surface area (Å²) in [5.41, 5.74) is 5.96. The summed E-state index contributed by atoms with van der Waals surface area (Å²) in [6.45, 7) is 4.05. The number of anilines is 1. The summed E-state index contributed by atoms with van der Waals surface area (Å²) in [6.07, 6.45) is 1.76. The fourth-order valence-corrected chi connectivity index (χ4v) is 3.87. The van der Waals surface area contributed by atoms with E-state index < -0.39 is 0 Å².